The number of rotatable bonds is 6. The van der Waals surface area contributed by atoms with Gasteiger partial charge in [0.15, 0.2) is 0 Å². The lowest BCUT2D eigenvalue weighted by Gasteiger charge is -2.34. The Morgan fingerprint density at radius 1 is 1.07 bits per heavy atom. The molecule has 2 saturated heterocycles. The Bertz CT molecular complexity index is 1800. The Morgan fingerprint density at radius 2 is 1.83 bits per heavy atom. The van der Waals surface area contributed by atoms with Crippen molar-refractivity contribution in [2.75, 3.05) is 13.1 Å². The van der Waals surface area contributed by atoms with Gasteiger partial charge in [-0.3, -0.25) is 18.9 Å². The molecule has 3 aliphatic rings. The van der Waals surface area contributed by atoms with E-state index >= 15 is 0 Å². The molecule has 3 amide bonds. The summed E-state index contributed by atoms with van der Waals surface area (Å²) in [5.41, 5.74) is -4.28. The second kappa shape index (κ2) is 12.3. The van der Waals surface area contributed by atoms with Crippen molar-refractivity contribution in [3.63, 3.8) is 0 Å². The summed E-state index contributed by atoms with van der Waals surface area (Å²) in [5, 5.41) is 12.8. The number of likely N-dealkylation sites (tertiary alicyclic amines) is 1. The number of carbonyl (C=O) groups is 3. The zero-order valence-corrected chi connectivity index (χ0v) is 26.2. The summed E-state index contributed by atoms with van der Waals surface area (Å²) in [6.07, 6.45) is 5.68. The molecule has 0 radical (unpaired) electrons. The molecule has 3 aliphatic heterocycles. The van der Waals surface area contributed by atoms with Crippen LogP contribution in [0.4, 0.5) is 8.78 Å². The molecule has 0 unspecified atom stereocenters. The smallest absolute Gasteiger partial charge is 0.340 e. The lowest BCUT2D eigenvalue weighted by molar-refractivity contribution is -0.145. The van der Waals surface area contributed by atoms with Crippen LogP contribution >= 0.6 is 18.9 Å². The minimum absolute atomic E-state index is 0.134. The van der Waals surface area contributed by atoms with Gasteiger partial charge < -0.3 is 24.9 Å². The van der Waals surface area contributed by atoms with Crippen LogP contribution in [0.25, 0.3) is 10.1 Å². The largest absolute Gasteiger partial charge is 0.399 e. The number of halogens is 2. The van der Waals surface area contributed by atoms with E-state index in [1.54, 1.807) is 9.80 Å². The zero-order chi connectivity index (χ0) is 32.8. The van der Waals surface area contributed by atoms with E-state index in [2.05, 4.69) is 11.4 Å². The Kier molecular flexibility index (Phi) is 8.59. The summed E-state index contributed by atoms with van der Waals surface area (Å²) in [7, 11) is -5.77. The van der Waals surface area contributed by atoms with Crippen molar-refractivity contribution >= 4 is 46.7 Å². The highest BCUT2D eigenvalue weighted by atomic mass is 32.1. The quantitative estimate of drug-likeness (QED) is 0.255. The van der Waals surface area contributed by atoms with Crippen molar-refractivity contribution in [3.05, 3.63) is 82.8 Å². The number of hydrogen-bond acceptors (Lipinski definition) is 6. The topological polar surface area (TPSA) is 151 Å². The molecule has 1 aromatic heterocycles. The first kappa shape index (κ1) is 32.0. The van der Waals surface area contributed by atoms with E-state index < -0.39 is 36.8 Å². The number of fused-ring (bicyclic) bond motifs is 2. The van der Waals surface area contributed by atoms with Crippen molar-refractivity contribution in [2.45, 2.75) is 55.4 Å². The molecule has 46 heavy (non-hydrogen) atoms. The Balaban J connectivity index is 1.20. The first-order chi connectivity index (χ1) is 21.9. The molecule has 10 nitrogen and oxygen atoms in total. The van der Waals surface area contributed by atoms with E-state index in [1.807, 2.05) is 42.5 Å². The van der Waals surface area contributed by atoms with Gasteiger partial charge in [0.2, 0.25) is 11.8 Å². The lowest BCUT2D eigenvalue weighted by atomic mass is 9.90. The SMILES string of the molecule is N#C[C@@H]1CN(C(=O)[C@@H]2CC[C@@H]3/C=C\CC[C@H](NC(=O)c4cc5cc(C(F)(F)P(=O)(O)O)ccc5s4)C(=O)N32)C[C@H]1c1ccccc1. The van der Waals surface area contributed by atoms with Gasteiger partial charge in [-0.15, -0.1) is 11.3 Å². The molecule has 3 N–H and O–H groups in total. The molecule has 5 atom stereocenters. The normalized spacial score (nSPS) is 25.9. The minimum Gasteiger partial charge on any atom is -0.340 e. The summed E-state index contributed by atoms with van der Waals surface area (Å²) in [4.78, 5) is 62.8. The van der Waals surface area contributed by atoms with Gasteiger partial charge >= 0.3 is 13.3 Å². The number of alkyl halides is 2. The highest BCUT2D eigenvalue weighted by molar-refractivity contribution is 7.52. The fourth-order valence-corrected chi connectivity index (χ4v) is 8.06. The van der Waals surface area contributed by atoms with E-state index in [0.717, 1.165) is 29.0 Å². The molecule has 6 rings (SSSR count). The standard InChI is InChI=1S/C32H31F2N4O6PS/c33-32(34,45(42,43)44)22-10-13-27-20(14-22)15-28(46-27)29(39)36-25-9-5-4-8-23-11-12-26(38(23)30(25)40)31(41)37-17-21(16-35)24(18-37)19-6-2-1-3-7-19/h1-4,6-8,10,13-15,21,23-26H,5,9,11-12,17-18H2,(H,36,39)(H2,42,43,44)/b8-4-/t21-,23+,24+,25+,26+/m1/s1. The third kappa shape index (κ3) is 5.86. The third-order valence-electron chi connectivity index (χ3n) is 9.03. The van der Waals surface area contributed by atoms with Crippen molar-refractivity contribution in [3.8, 4) is 6.07 Å². The number of allylic oxidation sites excluding steroid dienone is 1. The van der Waals surface area contributed by atoms with Gasteiger partial charge in [-0.05, 0) is 54.8 Å². The van der Waals surface area contributed by atoms with Crippen LogP contribution in [0.15, 0.2) is 66.7 Å². The molecule has 240 valence electrons. The molecule has 0 bridgehead atoms. The molecular weight excluding hydrogens is 637 g/mol. The molecule has 14 heteroatoms. The van der Waals surface area contributed by atoms with Gasteiger partial charge in [0, 0.05) is 29.3 Å². The predicted octanol–water partition coefficient (Wildman–Crippen LogP) is 4.70. The van der Waals surface area contributed by atoms with E-state index in [4.69, 9.17) is 9.79 Å². The number of nitrogens with one attached hydrogen (secondary N) is 1. The lowest BCUT2D eigenvalue weighted by Crippen LogP contribution is -2.56. The maximum Gasteiger partial charge on any atom is 0.399 e. The predicted molar refractivity (Wildman–Crippen MR) is 166 cm³/mol. The average Bonchev–Trinajstić information content (AvgIpc) is 3.77. The maximum atomic E-state index is 14.3. The van der Waals surface area contributed by atoms with Crippen LogP contribution in [-0.4, -0.2) is 68.5 Å². The Morgan fingerprint density at radius 3 is 2.54 bits per heavy atom. The Labute approximate surface area is 267 Å². The van der Waals surface area contributed by atoms with Crippen molar-refractivity contribution in [1.29, 1.82) is 5.26 Å². The molecule has 0 aliphatic carbocycles. The van der Waals surface area contributed by atoms with E-state index in [9.17, 15) is 33.0 Å². The number of hydrogen-bond donors (Lipinski definition) is 3. The Hall–Kier alpha value is -3.95. The van der Waals surface area contributed by atoms with E-state index in [1.165, 1.54) is 12.1 Å². The van der Waals surface area contributed by atoms with Crippen LogP contribution in [0.2, 0.25) is 0 Å². The molecular formula is C32H31F2N4O6PS. The van der Waals surface area contributed by atoms with Crippen LogP contribution < -0.4 is 5.32 Å². The van der Waals surface area contributed by atoms with Crippen LogP contribution in [-0.2, 0) is 19.8 Å². The van der Waals surface area contributed by atoms with Gasteiger partial charge in [0.1, 0.15) is 12.1 Å². The summed E-state index contributed by atoms with van der Waals surface area (Å²) < 4.78 is 40.3. The molecule has 2 aromatic carbocycles. The minimum atomic E-state index is -5.77. The first-order valence-electron chi connectivity index (χ1n) is 14.9. The number of nitriles is 1. The highest BCUT2D eigenvalue weighted by Crippen LogP contribution is 2.59. The van der Waals surface area contributed by atoms with Crippen molar-refractivity contribution in [1.82, 2.24) is 15.1 Å². The van der Waals surface area contributed by atoms with Crippen LogP contribution in [0.3, 0.4) is 0 Å². The molecule has 3 aromatic rings. The molecule has 0 spiro atoms. The second-order valence-electron chi connectivity index (χ2n) is 11.9. The second-order valence-corrected chi connectivity index (χ2v) is 14.6. The number of nitrogens with zero attached hydrogens (tertiary/aromatic N) is 3. The molecule has 4 heterocycles. The van der Waals surface area contributed by atoms with Crippen LogP contribution in [0.5, 0.6) is 0 Å². The summed E-state index contributed by atoms with van der Waals surface area (Å²) in [6.45, 7) is 0.635. The van der Waals surface area contributed by atoms with Crippen LogP contribution in [0, 0.1) is 17.2 Å². The fourth-order valence-electron chi connectivity index (χ4n) is 6.64. The maximum absolute atomic E-state index is 14.3. The molecule has 0 saturated carbocycles. The van der Waals surface area contributed by atoms with Gasteiger partial charge in [-0.2, -0.15) is 14.0 Å². The van der Waals surface area contributed by atoms with Crippen molar-refractivity contribution < 1.29 is 37.5 Å². The zero-order valence-electron chi connectivity index (χ0n) is 24.5. The van der Waals surface area contributed by atoms with Crippen molar-refractivity contribution in [2.24, 2.45) is 5.92 Å². The highest BCUT2D eigenvalue weighted by Gasteiger charge is 2.50. The fraction of sp³-hybridized carbons (Fsp3) is 0.375. The van der Waals surface area contributed by atoms with Gasteiger partial charge in [-0.25, -0.2) is 0 Å². The summed E-state index contributed by atoms with van der Waals surface area (Å²) in [6, 6.07) is 14.4. The van der Waals surface area contributed by atoms with Gasteiger partial charge in [-0.1, -0.05) is 48.6 Å². The average molecular weight is 669 g/mol. The van der Waals surface area contributed by atoms with E-state index in [0.29, 0.717) is 30.5 Å². The number of thiophene rings is 1. The van der Waals surface area contributed by atoms with Gasteiger partial charge in [0.25, 0.3) is 5.91 Å². The third-order valence-corrected chi connectivity index (χ3v) is 11.1. The number of amides is 3. The number of benzene rings is 2. The summed E-state index contributed by atoms with van der Waals surface area (Å²) >= 11 is 0.997. The summed E-state index contributed by atoms with van der Waals surface area (Å²) in [5.74, 6) is -1.73. The van der Waals surface area contributed by atoms with E-state index in [-0.39, 0.29) is 52.9 Å². The van der Waals surface area contributed by atoms with Gasteiger partial charge in [0.05, 0.1) is 22.9 Å². The monoisotopic (exact) mass is 668 g/mol. The first-order valence-corrected chi connectivity index (χ1v) is 17.3. The van der Waals surface area contributed by atoms with Crippen LogP contribution in [0.1, 0.15) is 52.4 Å². The molecule has 2 fully saturated rings. The number of carbonyl (C=O) groups excluding carboxylic acids is 3.